The highest BCUT2D eigenvalue weighted by Gasteiger charge is 2.26. The van der Waals surface area contributed by atoms with Crippen LogP contribution in [-0.2, 0) is 9.47 Å². The van der Waals surface area contributed by atoms with Gasteiger partial charge >= 0.3 is 6.18 Å². The van der Waals surface area contributed by atoms with Crippen molar-refractivity contribution in [3.8, 4) is 0 Å². The average Bonchev–Trinajstić information content (AvgIpc) is 2.90. The quantitative estimate of drug-likeness (QED) is 0.407. The van der Waals surface area contributed by atoms with E-state index in [2.05, 4.69) is 15.6 Å². The van der Waals surface area contributed by atoms with E-state index >= 15 is 0 Å². The first kappa shape index (κ1) is 18.0. The van der Waals surface area contributed by atoms with Gasteiger partial charge in [0, 0.05) is 32.8 Å². The second-order valence-electron chi connectivity index (χ2n) is 4.76. The molecule has 1 aliphatic rings. The van der Waals surface area contributed by atoms with Crippen molar-refractivity contribution in [3.63, 3.8) is 0 Å². The normalized spacial score (nSPS) is 19.8. The first-order chi connectivity index (χ1) is 10.0. The Morgan fingerprint density at radius 3 is 2.81 bits per heavy atom. The van der Waals surface area contributed by atoms with Crippen LogP contribution >= 0.6 is 0 Å². The third-order valence-electron chi connectivity index (χ3n) is 2.86. The maximum atomic E-state index is 12.1. The molecule has 124 valence electrons. The fourth-order valence-electron chi connectivity index (χ4n) is 1.81. The summed E-state index contributed by atoms with van der Waals surface area (Å²) in [6.07, 6.45) is -3.20. The fourth-order valence-corrected chi connectivity index (χ4v) is 1.81. The number of ether oxygens (including phenoxy) is 2. The first-order valence-corrected chi connectivity index (χ1v) is 7.29. The molecular formula is C13H24F3N3O2. The number of nitrogens with one attached hydrogen (secondary N) is 2. The summed E-state index contributed by atoms with van der Waals surface area (Å²) in [5, 5.41) is 5.58. The second kappa shape index (κ2) is 9.83. The van der Waals surface area contributed by atoms with Crippen molar-refractivity contribution in [1.29, 1.82) is 0 Å². The number of rotatable bonds is 8. The average molecular weight is 311 g/mol. The summed E-state index contributed by atoms with van der Waals surface area (Å²) in [6, 6.07) is 0. The van der Waals surface area contributed by atoms with E-state index in [1.165, 1.54) is 0 Å². The number of hydrogen-bond acceptors (Lipinski definition) is 3. The van der Waals surface area contributed by atoms with E-state index in [1.807, 2.05) is 6.92 Å². The van der Waals surface area contributed by atoms with Crippen LogP contribution in [0.25, 0.3) is 0 Å². The minimum absolute atomic E-state index is 0.173. The molecule has 2 N–H and O–H groups in total. The van der Waals surface area contributed by atoms with E-state index in [1.54, 1.807) is 0 Å². The predicted molar refractivity (Wildman–Crippen MR) is 74.4 cm³/mol. The minimum atomic E-state index is -4.15. The molecule has 0 saturated carbocycles. The van der Waals surface area contributed by atoms with Gasteiger partial charge in [0.1, 0.15) is 0 Å². The van der Waals surface area contributed by atoms with Crippen molar-refractivity contribution < 1.29 is 22.6 Å². The molecule has 1 aliphatic heterocycles. The Morgan fingerprint density at radius 1 is 1.38 bits per heavy atom. The van der Waals surface area contributed by atoms with Gasteiger partial charge in [0.2, 0.25) is 0 Å². The van der Waals surface area contributed by atoms with Gasteiger partial charge in [-0.2, -0.15) is 13.2 Å². The Bertz CT molecular complexity index is 306. The lowest BCUT2D eigenvalue weighted by Crippen LogP contribution is -2.39. The molecule has 0 bridgehead atoms. The highest BCUT2D eigenvalue weighted by atomic mass is 19.4. The zero-order valence-electron chi connectivity index (χ0n) is 12.3. The van der Waals surface area contributed by atoms with Gasteiger partial charge in [-0.15, -0.1) is 0 Å². The summed E-state index contributed by atoms with van der Waals surface area (Å²) in [5.41, 5.74) is 0. The third-order valence-corrected chi connectivity index (χ3v) is 2.86. The highest BCUT2D eigenvalue weighted by molar-refractivity contribution is 5.79. The summed E-state index contributed by atoms with van der Waals surface area (Å²) >= 11 is 0. The van der Waals surface area contributed by atoms with E-state index in [4.69, 9.17) is 9.47 Å². The molecule has 8 heteroatoms. The number of nitrogens with zero attached hydrogens (tertiary/aromatic N) is 1. The van der Waals surface area contributed by atoms with Crippen LogP contribution in [0.3, 0.4) is 0 Å². The van der Waals surface area contributed by atoms with E-state index in [0.29, 0.717) is 32.3 Å². The minimum Gasteiger partial charge on any atom is -0.379 e. The zero-order chi connectivity index (χ0) is 15.6. The molecule has 1 atom stereocenters. The lowest BCUT2D eigenvalue weighted by molar-refractivity contribution is -0.132. The Morgan fingerprint density at radius 2 is 2.19 bits per heavy atom. The topological polar surface area (TPSA) is 54.9 Å². The molecule has 0 aliphatic carbocycles. The van der Waals surface area contributed by atoms with E-state index < -0.39 is 12.6 Å². The number of alkyl halides is 3. The summed E-state index contributed by atoms with van der Waals surface area (Å²) in [6.45, 7) is 4.78. The van der Waals surface area contributed by atoms with E-state index in [0.717, 1.165) is 19.4 Å². The van der Waals surface area contributed by atoms with Gasteiger partial charge < -0.3 is 20.1 Å². The van der Waals surface area contributed by atoms with Crippen molar-refractivity contribution >= 4 is 5.96 Å². The van der Waals surface area contributed by atoms with Crippen LogP contribution in [0.5, 0.6) is 0 Å². The Hall–Kier alpha value is -1.02. The number of hydrogen-bond donors (Lipinski definition) is 2. The van der Waals surface area contributed by atoms with E-state index in [9.17, 15) is 13.2 Å². The molecule has 21 heavy (non-hydrogen) atoms. The maximum Gasteiger partial charge on any atom is 0.390 e. The van der Waals surface area contributed by atoms with Crippen molar-refractivity contribution in [2.24, 2.45) is 4.99 Å². The lowest BCUT2D eigenvalue weighted by Gasteiger charge is -2.12. The van der Waals surface area contributed by atoms with Crippen molar-refractivity contribution in [2.45, 2.75) is 38.5 Å². The number of guanidine groups is 1. The van der Waals surface area contributed by atoms with Gasteiger partial charge in [-0.1, -0.05) is 0 Å². The Labute approximate surface area is 123 Å². The summed E-state index contributed by atoms with van der Waals surface area (Å²) in [4.78, 5) is 4.21. The molecule has 5 nitrogen and oxygen atoms in total. The van der Waals surface area contributed by atoms with Crippen LogP contribution in [-0.4, -0.2) is 57.7 Å². The van der Waals surface area contributed by atoms with Crippen LogP contribution in [0.4, 0.5) is 13.2 Å². The van der Waals surface area contributed by atoms with Gasteiger partial charge in [0.15, 0.2) is 5.96 Å². The third kappa shape index (κ3) is 9.52. The summed E-state index contributed by atoms with van der Waals surface area (Å²) in [7, 11) is 0. The molecule has 1 unspecified atom stereocenters. The fraction of sp³-hybridized carbons (Fsp3) is 0.923. The largest absolute Gasteiger partial charge is 0.390 e. The molecule has 0 radical (unpaired) electrons. The van der Waals surface area contributed by atoms with Crippen LogP contribution in [0.2, 0.25) is 0 Å². The SMILES string of the molecule is CCNC(=NCCCOC1CCOC1)NCCC(F)(F)F. The van der Waals surface area contributed by atoms with Gasteiger partial charge in [0.05, 0.1) is 19.1 Å². The van der Waals surface area contributed by atoms with E-state index in [-0.39, 0.29) is 12.6 Å². The summed E-state index contributed by atoms with van der Waals surface area (Å²) in [5.74, 6) is 0.408. The highest BCUT2D eigenvalue weighted by Crippen LogP contribution is 2.18. The number of halogens is 3. The molecule has 0 spiro atoms. The lowest BCUT2D eigenvalue weighted by atomic mass is 10.3. The van der Waals surface area contributed by atoms with Crippen LogP contribution in [0, 0.1) is 0 Å². The first-order valence-electron chi connectivity index (χ1n) is 7.29. The smallest absolute Gasteiger partial charge is 0.379 e. The van der Waals surface area contributed by atoms with Crippen LogP contribution in [0.15, 0.2) is 4.99 Å². The van der Waals surface area contributed by atoms with Crippen molar-refractivity contribution in [1.82, 2.24) is 10.6 Å². The molecule has 1 fully saturated rings. The van der Waals surface area contributed by atoms with Crippen molar-refractivity contribution in [3.05, 3.63) is 0 Å². The maximum absolute atomic E-state index is 12.1. The van der Waals surface area contributed by atoms with Crippen LogP contribution < -0.4 is 10.6 Å². The monoisotopic (exact) mass is 311 g/mol. The number of aliphatic imine (C=N–C) groups is 1. The Balaban J connectivity index is 2.14. The van der Waals surface area contributed by atoms with Gasteiger partial charge in [-0.05, 0) is 19.8 Å². The van der Waals surface area contributed by atoms with Gasteiger partial charge in [0.25, 0.3) is 0 Å². The van der Waals surface area contributed by atoms with Gasteiger partial charge in [-0.3, -0.25) is 4.99 Å². The standard InChI is InChI=1S/C13H24F3N3O2/c1-2-17-12(19-7-5-13(14,15)16)18-6-3-8-21-11-4-9-20-10-11/h11H,2-10H2,1H3,(H2,17,18,19). The molecule has 0 aromatic rings. The van der Waals surface area contributed by atoms with Gasteiger partial charge in [-0.25, -0.2) is 0 Å². The van der Waals surface area contributed by atoms with Crippen molar-refractivity contribution in [2.75, 3.05) is 39.5 Å². The van der Waals surface area contributed by atoms with Crippen LogP contribution in [0.1, 0.15) is 26.2 Å². The molecule has 0 aromatic heterocycles. The molecule has 1 heterocycles. The molecule has 0 aromatic carbocycles. The zero-order valence-corrected chi connectivity index (χ0v) is 12.3. The predicted octanol–water partition coefficient (Wildman–Crippen LogP) is 1.69. The molecule has 0 amide bonds. The molecule has 1 saturated heterocycles. The summed E-state index contributed by atoms with van der Waals surface area (Å²) < 4.78 is 47.0. The Kier molecular flexibility index (Phi) is 8.44. The molecule has 1 rings (SSSR count). The second-order valence-corrected chi connectivity index (χ2v) is 4.76. The molecular weight excluding hydrogens is 287 g/mol.